The van der Waals surface area contributed by atoms with Crippen LogP contribution in [0.1, 0.15) is 23.7 Å². The van der Waals surface area contributed by atoms with Crippen LogP contribution in [0.15, 0.2) is 59.5 Å². The van der Waals surface area contributed by atoms with E-state index in [9.17, 15) is 22.4 Å². The molecule has 0 aliphatic carbocycles. The predicted octanol–water partition coefficient (Wildman–Crippen LogP) is 2.80. The van der Waals surface area contributed by atoms with Crippen molar-refractivity contribution in [2.75, 3.05) is 5.75 Å². The van der Waals surface area contributed by atoms with Crippen LogP contribution < -0.4 is 0 Å². The van der Waals surface area contributed by atoms with E-state index in [2.05, 4.69) is 0 Å². The van der Waals surface area contributed by atoms with Crippen LogP contribution in [0.25, 0.3) is 0 Å². The molecule has 0 spiro atoms. The van der Waals surface area contributed by atoms with Crippen LogP contribution in [0, 0.1) is 5.82 Å². The number of ether oxygens (including phenoxy) is 1. The van der Waals surface area contributed by atoms with Gasteiger partial charge in [0.2, 0.25) is 5.78 Å². The summed E-state index contributed by atoms with van der Waals surface area (Å²) in [5.74, 6) is -2.16. The van der Waals surface area contributed by atoms with Crippen molar-refractivity contribution >= 4 is 21.6 Å². The fraction of sp³-hybridized carbons (Fsp3) is 0.222. The molecule has 0 aliphatic heterocycles. The Morgan fingerprint density at radius 2 is 1.64 bits per heavy atom. The van der Waals surface area contributed by atoms with Gasteiger partial charge in [0, 0.05) is 5.56 Å². The fourth-order valence-electron chi connectivity index (χ4n) is 2.12. The maximum absolute atomic E-state index is 12.9. The van der Waals surface area contributed by atoms with Crippen molar-refractivity contribution in [2.24, 2.45) is 0 Å². The highest BCUT2D eigenvalue weighted by molar-refractivity contribution is 7.91. The molecular weight excluding hydrogens is 347 g/mol. The van der Waals surface area contributed by atoms with Crippen LogP contribution in [0.3, 0.4) is 0 Å². The second kappa shape index (κ2) is 8.02. The molecule has 1 unspecified atom stereocenters. The van der Waals surface area contributed by atoms with Gasteiger partial charge >= 0.3 is 5.97 Å². The molecule has 0 saturated heterocycles. The zero-order valence-electron chi connectivity index (χ0n) is 13.5. The lowest BCUT2D eigenvalue weighted by Crippen LogP contribution is -2.25. The second-order valence-corrected chi connectivity index (χ2v) is 7.49. The summed E-state index contributed by atoms with van der Waals surface area (Å²) in [6, 6.07) is 12.6. The number of esters is 1. The number of benzene rings is 2. The number of hydrogen-bond acceptors (Lipinski definition) is 5. The zero-order chi connectivity index (χ0) is 18.4. The highest BCUT2D eigenvalue weighted by atomic mass is 32.2. The number of ketones is 1. The smallest absolute Gasteiger partial charge is 0.307 e. The number of sulfone groups is 1. The van der Waals surface area contributed by atoms with Crippen molar-refractivity contribution in [3.05, 3.63) is 66.0 Å². The fourth-order valence-corrected chi connectivity index (χ4v) is 3.36. The molecule has 2 aromatic rings. The predicted molar refractivity (Wildman–Crippen MR) is 89.4 cm³/mol. The number of halogens is 1. The quantitative estimate of drug-likeness (QED) is 0.558. The summed E-state index contributed by atoms with van der Waals surface area (Å²) in [6.07, 6.45) is -1.45. The minimum Gasteiger partial charge on any atom is -0.454 e. The Bertz CT molecular complexity index is 845. The summed E-state index contributed by atoms with van der Waals surface area (Å²) >= 11 is 0. The summed E-state index contributed by atoms with van der Waals surface area (Å²) in [4.78, 5) is 24.0. The Labute approximate surface area is 145 Å². The summed E-state index contributed by atoms with van der Waals surface area (Å²) in [5, 5.41) is 0. The van der Waals surface area contributed by atoms with Gasteiger partial charge in [0.1, 0.15) is 5.82 Å². The van der Waals surface area contributed by atoms with Crippen LogP contribution in [0.4, 0.5) is 4.39 Å². The molecule has 0 fully saturated rings. The minimum absolute atomic E-state index is 0.123. The highest BCUT2D eigenvalue weighted by Gasteiger charge is 2.22. The molecular formula is C18H17FO5S. The van der Waals surface area contributed by atoms with Gasteiger partial charge in [0.25, 0.3) is 0 Å². The average molecular weight is 364 g/mol. The zero-order valence-corrected chi connectivity index (χ0v) is 14.3. The van der Waals surface area contributed by atoms with Crippen molar-refractivity contribution in [2.45, 2.75) is 24.3 Å². The lowest BCUT2D eigenvalue weighted by atomic mass is 10.1. The van der Waals surface area contributed by atoms with E-state index >= 15 is 0 Å². The summed E-state index contributed by atoms with van der Waals surface area (Å²) in [7, 11) is -3.60. The van der Waals surface area contributed by atoms with Gasteiger partial charge in [-0.2, -0.15) is 0 Å². The molecule has 5 nitrogen and oxygen atoms in total. The minimum atomic E-state index is -3.60. The molecule has 1 atom stereocenters. The molecule has 2 aromatic carbocycles. The summed E-state index contributed by atoms with van der Waals surface area (Å²) < 4.78 is 42.0. The Balaban J connectivity index is 1.91. The Hall–Kier alpha value is -2.54. The molecule has 132 valence electrons. The average Bonchev–Trinajstić information content (AvgIpc) is 2.61. The van der Waals surface area contributed by atoms with E-state index in [1.165, 1.54) is 31.2 Å². The third-order valence-electron chi connectivity index (χ3n) is 3.48. The first-order chi connectivity index (χ1) is 11.8. The van der Waals surface area contributed by atoms with E-state index in [1.807, 2.05) is 0 Å². The van der Waals surface area contributed by atoms with Crippen LogP contribution in [-0.2, 0) is 19.4 Å². The molecule has 0 N–H and O–H groups in total. The topological polar surface area (TPSA) is 77.5 Å². The Kier molecular flexibility index (Phi) is 6.03. The van der Waals surface area contributed by atoms with Gasteiger partial charge in [-0.05, 0) is 43.3 Å². The van der Waals surface area contributed by atoms with Crippen LogP contribution in [0.2, 0.25) is 0 Å². The first-order valence-corrected chi connectivity index (χ1v) is 9.22. The molecule has 2 rings (SSSR count). The number of carbonyl (C=O) groups is 2. The first-order valence-electron chi connectivity index (χ1n) is 7.56. The van der Waals surface area contributed by atoms with Crippen molar-refractivity contribution in [1.29, 1.82) is 0 Å². The van der Waals surface area contributed by atoms with E-state index < -0.39 is 39.3 Å². The molecule has 0 aliphatic rings. The number of Topliss-reactive ketones (excluding diaryl/α,β-unsaturated/α-hetero) is 1. The number of rotatable bonds is 7. The summed E-state index contributed by atoms with van der Waals surface area (Å²) in [5.41, 5.74) is 0.207. The van der Waals surface area contributed by atoms with E-state index in [-0.39, 0.29) is 16.9 Å². The third kappa shape index (κ3) is 5.22. The number of carbonyl (C=O) groups excluding carboxylic acids is 2. The lowest BCUT2D eigenvalue weighted by molar-refractivity contribution is -0.145. The molecule has 0 heterocycles. The maximum atomic E-state index is 12.9. The molecule has 25 heavy (non-hydrogen) atoms. The standard InChI is InChI=1S/C18H17FO5S/c1-13(18(21)14-7-9-15(19)10-8-14)24-17(20)11-12-25(22,23)16-5-3-2-4-6-16/h2-10,13H,11-12H2,1H3. The van der Waals surface area contributed by atoms with Crippen LogP contribution in [-0.4, -0.2) is 32.0 Å². The molecule has 0 radical (unpaired) electrons. The van der Waals surface area contributed by atoms with Gasteiger partial charge in [0.15, 0.2) is 15.9 Å². The Morgan fingerprint density at radius 3 is 2.24 bits per heavy atom. The van der Waals surface area contributed by atoms with E-state index in [1.54, 1.807) is 18.2 Å². The van der Waals surface area contributed by atoms with Crippen molar-refractivity contribution in [1.82, 2.24) is 0 Å². The SMILES string of the molecule is CC(OC(=O)CCS(=O)(=O)c1ccccc1)C(=O)c1ccc(F)cc1. The van der Waals surface area contributed by atoms with Gasteiger partial charge < -0.3 is 4.74 Å². The molecule has 0 aromatic heterocycles. The molecule has 7 heteroatoms. The Morgan fingerprint density at radius 1 is 1.04 bits per heavy atom. The van der Waals surface area contributed by atoms with Gasteiger partial charge in [-0.25, -0.2) is 12.8 Å². The maximum Gasteiger partial charge on any atom is 0.307 e. The largest absolute Gasteiger partial charge is 0.454 e. The number of hydrogen-bond donors (Lipinski definition) is 0. The normalized spacial score (nSPS) is 12.4. The second-order valence-electron chi connectivity index (χ2n) is 5.39. The van der Waals surface area contributed by atoms with Crippen molar-refractivity contribution < 1.29 is 27.1 Å². The van der Waals surface area contributed by atoms with E-state index in [4.69, 9.17) is 4.74 Å². The van der Waals surface area contributed by atoms with E-state index in [0.717, 1.165) is 12.1 Å². The van der Waals surface area contributed by atoms with Crippen LogP contribution >= 0.6 is 0 Å². The lowest BCUT2D eigenvalue weighted by Gasteiger charge is -2.12. The van der Waals surface area contributed by atoms with E-state index in [0.29, 0.717) is 0 Å². The first kappa shape index (κ1) is 18.8. The van der Waals surface area contributed by atoms with Gasteiger partial charge in [0.05, 0.1) is 17.1 Å². The third-order valence-corrected chi connectivity index (χ3v) is 5.22. The molecule has 0 bridgehead atoms. The summed E-state index contributed by atoms with van der Waals surface area (Å²) in [6.45, 7) is 1.38. The van der Waals surface area contributed by atoms with Gasteiger partial charge in [-0.1, -0.05) is 18.2 Å². The molecule has 0 amide bonds. The molecule has 0 saturated carbocycles. The van der Waals surface area contributed by atoms with Gasteiger partial charge in [-0.3, -0.25) is 9.59 Å². The van der Waals surface area contributed by atoms with Crippen LogP contribution in [0.5, 0.6) is 0 Å². The van der Waals surface area contributed by atoms with Gasteiger partial charge in [-0.15, -0.1) is 0 Å². The van der Waals surface area contributed by atoms with Crippen molar-refractivity contribution in [3.8, 4) is 0 Å². The highest BCUT2D eigenvalue weighted by Crippen LogP contribution is 2.13. The monoisotopic (exact) mass is 364 g/mol. The van der Waals surface area contributed by atoms with Crippen molar-refractivity contribution in [3.63, 3.8) is 0 Å².